The van der Waals surface area contributed by atoms with Crippen molar-refractivity contribution in [3.05, 3.63) is 28.8 Å². The van der Waals surface area contributed by atoms with Crippen LogP contribution in [0.15, 0.2) is 17.0 Å². The number of halogens is 1. The Balaban J connectivity index is 0.00000324. The summed E-state index contributed by atoms with van der Waals surface area (Å²) in [5.41, 5.74) is 8.23. The van der Waals surface area contributed by atoms with Gasteiger partial charge in [0.2, 0.25) is 10.0 Å². The van der Waals surface area contributed by atoms with Crippen molar-refractivity contribution in [2.45, 2.75) is 45.1 Å². The second-order valence-electron chi connectivity index (χ2n) is 4.89. The molecule has 0 amide bonds. The number of nitrogens with one attached hydrogen (secondary N) is 1. The van der Waals surface area contributed by atoms with Crippen LogP contribution in [0.2, 0.25) is 0 Å². The largest absolute Gasteiger partial charge is 0.328 e. The Morgan fingerprint density at radius 3 is 2.11 bits per heavy atom. The van der Waals surface area contributed by atoms with Crippen molar-refractivity contribution in [1.29, 1.82) is 0 Å². The number of hydrogen-bond donors (Lipinski definition) is 2. The Labute approximate surface area is 122 Å². The van der Waals surface area contributed by atoms with Crippen molar-refractivity contribution in [3.8, 4) is 0 Å². The topological polar surface area (TPSA) is 72.2 Å². The highest BCUT2D eigenvalue weighted by atomic mass is 35.5. The van der Waals surface area contributed by atoms with Gasteiger partial charge in [0.25, 0.3) is 0 Å². The third kappa shape index (κ3) is 5.10. The van der Waals surface area contributed by atoms with Crippen LogP contribution in [0, 0.1) is 20.8 Å². The maximum absolute atomic E-state index is 12.2. The van der Waals surface area contributed by atoms with Gasteiger partial charge in [0.1, 0.15) is 0 Å². The molecular weight excluding hydrogens is 284 g/mol. The second-order valence-corrected chi connectivity index (χ2v) is 6.60. The van der Waals surface area contributed by atoms with Crippen LogP contribution in [-0.2, 0) is 10.0 Å². The summed E-state index contributed by atoms with van der Waals surface area (Å²) in [5, 5.41) is 0. The van der Waals surface area contributed by atoms with E-state index in [0.717, 1.165) is 16.7 Å². The number of hydrogen-bond acceptors (Lipinski definition) is 3. The van der Waals surface area contributed by atoms with E-state index in [0.29, 0.717) is 17.9 Å². The number of nitrogens with two attached hydrogens (primary N) is 1. The van der Waals surface area contributed by atoms with Crippen LogP contribution >= 0.6 is 12.4 Å². The first-order chi connectivity index (χ1) is 8.24. The third-order valence-corrected chi connectivity index (χ3v) is 4.53. The van der Waals surface area contributed by atoms with Gasteiger partial charge in [-0.05, 0) is 45.2 Å². The smallest absolute Gasteiger partial charge is 0.241 e. The minimum atomic E-state index is -3.44. The standard InChI is InChI=1S/C13H22N2O2S.ClH/c1-9-7-10(2)13(11(3)8-9)18(16,17)15-6-5-12(4)14;/h7-8,12,15H,5-6,14H2,1-4H3;1H. The molecule has 110 valence electrons. The van der Waals surface area contributed by atoms with Gasteiger partial charge in [-0.15, -0.1) is 12.4 Å². The summed E-state index contributed by atoms with van der Waals surface area (Å²) in [7, 11) is -3.44. The van der Waals surface area contributed by atoms with Crippen LogP contribution in [0.5, 0.6) is 0 Å². The molecule has 4 nitrogen and oxygen atoms in total. The first kappa shape index (κ1) is 18.4. The molecule has 0 aliphatic rings. The van der Waals surface area contributed by atoms with Crippen LogP contribution in [0.4, 0.5) is 0 Å². The predicted octanol–water partition coefficient (Wildman–Crippen LogP) is 2.05. The first-order valence-corrected chi connectivity index (χ1v) is 7.55. The fraction of sp³-hybridized carbons (Fsp3) is 0.538. The molecule has 1 aromatic carbocycles. The SMILES string of the molecule is Cc1cc(C)c(S(=O)(=O)NCCC(C)N)c(C)c1.Cl. The summed E-state index contributed by atoms with van der Waals surface area (Å²) in [4.78, 5) is 0.387. The van der Waals surface area contributed by atoms with Crippen molar-refractivity contribution in [2.75, 3.05) is 6.54 Å². The molecule has 0 heterocycles. The molecule has 0 saturated heterocycles. The quantitative estimate of drug-likeness (QED) is 0.874. The fourth-order valence-corrected chi connectivity index (χ4v) is 3.58. The van der Waals surface area contributed by atoms with Crippen LogP contribution < -0.4 is 10.5 Å². The maximum atomic E-state index is 12.2. The molecule has 0 radical (unpaired) electrons. The number of sulfonamides is 1. The Morgan fingerprint density at radius 1 is 1.21 bits per heavy atom. The van der Waals surface area contributed by atoms with E-state index in [4.69, 9.17) is 5.73 Å². The predicted molar refractivity (Wildman–Crippen MR) is 81.4 cm³/mol. The zero-order chi connectivity index (χ0) is 13.9. The minimum Gasteiger partial charge on any atom is -0.328 e. The Hall–Kier alpha value is -0.620. The molecule has 1 atom stereocenters. The molecule has 0 aliphatic heterocycles. The van der Waals surface area contributed by atoms with E-state index in [2.05, 4.69) is 4.72 Å². The Bertz CT molecular complexity index is 504. The van der Waals surface area contributed by atoms with E-state index in [9.17, 15) is 8.42 Å². The minimum absolute atomic E-state index is 0. The van der Waals surface area contributed by atoms with E-state index >= 15 is 0 Å². The highest BCUT2D eigenvalue weighted by Gasteiger charge is 2.19. The molecule has 1 aromatic rings. The summed E-state index contributed by atoms with van der Waals surface area (Å²) in [6, 6.07) is 3.76. The monoisotopic (exact) mass is 306 g/mol. The molecule has 0 saturated carbocycles. The molecule has 0 spiro atoms. The van der Waals surface area contributed by atoms with Gasteiger partial charge in [0, 0.05) is 12.6 Å². The van der Waals surface area contributed by atoms with Crippen molar-refractivity contribution in [1.82, 2.24) is 4.72 Å². The molecule has 19 heavy (non-hydrogen) atoms. The maximum Gasteiger partial charge on any atom is 0.241 e. The molecule has 6 heteroatoms. The van der Waals surface area contributed by atoms with E-state index in [1.165, 1.54) is 0 Å². The lowest BCUT2D eigenvalue weighted by atomic mass is 10.1. The molecule has 1 unspecified atom stereocenters. The van der Waals surface area contributed by atoms with Gasteiger partial charge in [-0.3, -0.25) is 0 Å². The molecule has 0 aliphatic carbocycles. The summed E-state index contributed by atoms with van der Waals surface area (Å²) >= 11 is 0. The fourth-order valence-electron chi connectivity index (χ4n) is 2.08. The van der Waals surface area contributed by atoms with Crippen LogP contribution in [-0.4, -0.2) is 21.0 Å². The van der Waals surface area contributed by atoms with Crippen molar-refractivity contribution >= 4 is 22.4 Å². The lowest BCUT2D eigenvalue weighted by Crippen LogP contribution is -2.30. The second kappa shape index (κ2) is 7.24. The van der Waals surface area contributed by atoms with Crippen LogP contribution in [0.1, 0.15) is 30.0 Å². The van der Waals surface area contributed by atoms with Gasteiger partial charge in [-0.25, -0.2) is 13.1 Å². The van der Waals surface area contributed by atoms with Gasteiger partial charge >= 0.3 is 0 Å². The Kier molecular flexibility index (Phi) is 7.00. The molecular formula is C13H23ClN2O2S. The third-order valence-electron chi connectivity index (χ3n) is 2.77. The van der Waals surface area contributed by atoms with Gasteiger partial charge in [0.15, 0.2) is 0 Å². The average Bonchev–Trinajstić information content (AvgIpc) is 2.13. The molecule has 0 aromatic heterocycles. The van der Waals surface area contributed by atoms with Gasteiger partial charge in [0.05, 0.1) is 4.90 Å². The lowest BCUT2D eigenvalue weighted by molar-refractivity contribution is 0.570. The molecule has 0 fully saturated rings. The zero-order valence-corrected chi connectivity index (χ0v) is 13.5. The van der Waals surface area contributed by atoms with E-state index in [1.54, 1.807) is 0 Å². The van der Waals surface area contributed by atoms with E-state index < -0.39 is 10.0 Å². The summed E-state index contributed by atoms with van der Waals surface area (Å²) in [6.07, 6.45) is 0.628. The van der Waals surface area contributed by atoms with Gasteiger partial charge in [-0.2, -0.15) is 0 Å². The normalized spacial score (nSPS) is 12.9. The number of benzene rings is 1. The Morgan fingerprint density at radius 2 is 1.68 bits per heavy atom. The van der Waals surface area contributed by atoms with Gasteiger partial charge < -0.3 is 5.73 Å². The summed E-state index contributed by atoms with van der Waals surface area (Å²) in [5.74, 6) is 0. The molecule has 1 rings (SSSR count). The summed E-state index contributed by atoms with van der Waals surface area (Å²) in [6.45, 7) is 7.82. The molecule has 0 bridgehead atoms. The van der Waals surface area contributed by atoms with E-state index in [1.807, 2.05) is 39.8 Å². The number of rotatable bonds is 5. The van der Waals surface area contributed by atoms with Crippen LogP contribution in [0.3, 0.4) is 0 Å². The summed E-state index contributed by atoms with van der Waals surface area (Å²) < 4.78 is 27.0. The highest BCUT2D eigenvalue weighted by Crippen LogP contribution is 2.21. The van der Waals surface area contributed by atoms with Crippen molar-refractivity contribution < 1.29 is 8.42 Å². The average molecular weight is 307 g/mol. The zero-order valence-electron chi connectivity index (χ0n) is 11.9. The molecule has 3 N–H and O–H groups in total. The van der Waals surface area contributed by atoms with Crippen molar-refractivity contribution in [3.63, 3.8) is 0 Å². The van der Waals surface area contributed by atoms with Gasteiger partial charge in [-0.1, -0.05) is 17.7 Å². The highest BCUT2D eigenvalue weighted by molar-refractivity contribution is 7.89. The lowest BCUT2D eigenvalue weighted by Gasteiger charge is -2.13. The van der Waals surface area contributed by atoms with Crippen LogP contribution in [0.25, 0.3) is 0 Å². The van der Waals surface area contributed by atoms with E-state index in [-0.39, 0.29) is 18.4 Å². The first-order valence-electron chi connectivity index (χ1n) is 6.07. The van der Waals surface area contributed by atoms with Crippen molar-refractivity contribution in [2.24, 2.45) is 5.73 Å². The number of aryl methyl sites for hydroxylation is 3.